The quantitative estimate of drug-likeness (QED) is 0.245. The molecule has 6 N–H and O–H groups in total. The maximum atomic E-state index is 13.7. The van der Waals surface area contributed by atoms with E-state index in [1.807, 2.05) is 0 Å². The molecule has 0 saturated heterocycles. The fourth-order valence-corrected chi connectivity index (χ4v) is 5.91. The smallest absolute Gasteiger partial charge is 0.202 e. The van der Waals surface area contributed by atoms with Crippen LogP contribution in [0.15, 0.2) is 29.0 Å². The van der Waals surface area contributed by atoms with Gasteiger partial charge in [-0.05, 0) is 37.3 Å². The number of fused-ring (bicyclic) bond motifs is 3. The lowest BCUT2D eigenvalue weighted by atomic mass is 9.55. The number of aliphatic hydroxyl groups excluding tert-OH is 4. The zero-order valence-corrected chi connectivity index (χ0v) is 20.2. The van der Waals surface area contributed by atoms with Gasteiger partial charge in [0.15, 0.2) is 23.5 Å². The number of ether oxygens (including phenoxy) is 1. The SMILES string of the molecule is CCOC(O)CCc1ccc2c(c1O)C(O)=C1C(=O)C3(O)C(O)=C(C(C)=O)C(=O)CC3C(O)C1C2C. The van der Waals surface area contributed by atoms with Crippen LogP contribution in [0.25, 0.3) is 5.76 Å². The molecule has 10 heteroatoms. The lowest BCUT2D eigenvalue weighted by molar-refractivity contribution is -0.160. The van der Waals surface area contributed by atoms with E-state index in [1.54, 1.807) is 26.0 Å². The molecule has 194 valence electrons. The van der Waals surface area contributed by atoms with Crippen LogP contribution in [0.2, 0.25) is 0 Å². The van der Waals surface area contributed by atoms with E-state index >= 15 is 0 Å². The Kier molecular flexibility index (Phi) is 6.59. The molecule has 1 saturated carbocycles. The van der Waals surface area contributed by atoms with Crippen molar-refractivity contribution in [3.8, 4) is 5.75 Å². The van der Waals surface area contributed by atoms with Crippen molar-refractivity contribution in [2.75, 3.05) is 6.61 Å². The van der Waals surface area contributed by atoms with Gasteiger partial charge < -0.3 is 35.4 Å². The van der Waals surface area contributed by atoms with Crippen molar-refractivity contribution >= 4 is 23.1 Å². The summed E-state index contributed by atoms with van der Waals surface area (Å²) >= 11 is 0. The van der Waals surface area contributed by atoms with E-state index in [2.05, 4.69) is 0 Å². The molecule has 0 heterocycles. The number of rotatable bonds is 6. The van der Waals surface area contributed by atoms with Crippen LogP contribution in [0, 0.1) is 11.8 Å². The van der Waals surface area contributed by atoms with Crippen LogP contribution in [-0.4, -0.2) is 72.6 Å². The predicted octanol–water partition coefficient (Wildman–Crippen LogP) is 1.35. The first-order chi connectivity index (χ1) is 16.9. The van der Waals surface area contributed by atoms with Gasteiger partial charge >= 0.3 is 0 Å². The number of hydrogen-bond acceptors (Lipinski definition) is 10. The van der Waals surface area contributed by atoms with E-state index in [1.165, 1.54) is 0 Å². The number of carbonyl (C=O) groups excluding carboxylic acids is 3. The summed E-state index contributed by atoms with van der Waals surface area (Å²) in [6.07, 6.45) is -2.78. The van der Waals surface area contributed by atoms with Crippen molar-refractivity contribution in [2.45, 2.75) is 63.9 Å². The number of aromatic hydroxyl groups is 1. The highest BCUT2D eigenvalue weighted by Gasteiger charge is 2.64. The number of Topliss-reactive ketones (excluding diaryl/α,β-unsaturated/α-hetero) is 3. The van der Waals surface area contributed by atoms with E-state index in [0.29, 0.717) is 17.7 Å². The highest BCUT2D eigenvalue weighted by Crippen LogP contribution is 2.55. The van der Waals surface area contributed by atoms with Crippen molar-refractivity contribution in [1.29, 1.82) is 0 Å². The largest absolute Gasteiger partial charge is 0.508 e. The first-order valence-corrected chi connectivity index (χ1v) is 11.9. The molecule has 0 bridgehead atoms. The van der Waals surface area contributed by atoms with Gasteiger partial charge in [-0.3, -0.25) is 14.4 Å². The highest BCUT2D eigenvalue weighted by atomic mass is 16.6. The number of phenols is 1. The van der Waals surface area contributed by atoms with Crippen molar-refractivity contribution in [3.63, 3.8) is 0 Å². The van der Waals surface area contributed by atoms with E-state index in [0.717, 1.165) is 6.92 Å². The Labute approximate surface area is 207 Å². The number of ketones is 3. The Morgan fingerprint density at radius 2 is 1.89 bits per heavy atom. The third-order valence-corrected chi connectivity index (χ3v) is 7.71. The second-order valence-electron chi connectivity index (χ2n) is 9.66. The second-order valence-corrected chi connectivity index (χ2v) is 9.66. The van der Waals surface area contributed by atoms with Gasteiger partial charge in [0.2, 0.25) is 5.78 Å². The number of carbonyl (C=O) groups is 3. The zero-order chi connectivity index (χ0) is 26.7. The Hall–Kier alpha value is -3.05. The molecule has 36 heavy (non-hydrogen) atoms. The van der Waals surface area contributed by atoms with Crippen molar-refractivity contribution in [3.05, 3.63) is 45.7 Å². The maximum Gasteiger partial charge on any atom is 0.202 e. The molecule has 0 radical (unpaired) electrons. The molecule has 3 aliphatic rings. The normalized spacial score (nSPS) is 30.6. The maximum absolute atomic E-state index is 13.7. The molecule has 10 nitrogen and oxygen atoms in total. The molecule has 1 aromatic rings. The molecule has 1 aromatic carbocycles. The molecule has 6 unspecified atom stereocenters. The average Bonchev–Trinajstić information content (AvgIpc) is 2.81. The molecule has 0 amide bonds. The van der Waals surface area contributed by atoms with Gasteiger partial charge in [0.1, 0.15) is 22.8 Å². The van der Waals surface area contributed by atoms with Crippen LogP contribution in [0.4, 0.5) is 0 Å². The van der Waals surface area contributed by atoms with E-state index in [4.69, 9.17) is 4.74 Å². The summed E-state index contributed by atoms with van der Waals surface area (Å²) in [6, 6.07) is 3.26. The molecule has 0 aromatic heterocycles. The molecule has 4 rings (SSSR count). The molecule has 1 fully saturated rings. The molecule has 0 aliphatic heterocycles. The predicted molar refractivity (Wildman–Crippen MR) is 125 cm³/mol. The average molecular weight is 503 g/mol. The van der Waals surface area contributed by atoms with E-state index in [9.17, 15) is 45.0 Å². The van der Waals surface area contributed by atoms with Crippen LogP contribution in [-0.2, 0) is 25.5 Å². The summed E-state index contributed by atoms with van der Waals surface area (Å²) in [5, 5.41) is 65.4. The Balaban J connectivity index is 1.86. The van der Waals surface area contributed by atoms with Gasteiger partial charge in [0, 0.05) is 36.9 Å². The molecular weight excluding hydrogens is 472 g/mol. The topological polar surface area (TPSA) is 182 Å². The van der Waals surface area contributed by atoms with Crippen LogP contribution < -0.4 is 0 Å². The first kappa shape index (κ1) is 26.0. The third kappa shape index (κ3) is 3.59. The summed E-state index contributed by atoms with van der Waals surface area (Å²) in [4.78, 5) is 38.2. The minimum atomic E-state index is -2.79. The van der Waals surface area contributed by atoms with Gasteiger partial charge in [-0.2, -0.15) is 0 Å². The monoisotopic (exact) mass is 502 g/mol. The number of hydrogen-bond donors (Lipinski definition) is 6. The minimum Gasteiger partial charge on any atom is -0.508 e. The Bertz CT molecular complexity index is 1210. The molecule has 0 spiro atoms. The van der Waals surface area contributed by atoms with Gasteiger partial charge in [0.25, 0.3) is 0 Å². The fourth-order valence-electron chi connectivity index (χ4n) is 5.91. The standard InChI is InChI=1S/C26H30O10/c1-4-36-16(29)8-6-12-5-7-13-10(2)17-20(23(32)19(13)21(12)30)25(34)26(35)14(22(17)31)9-15(28)18(11(3)27)24(26)33/h5,7,10,14,16-17,22,29-33,35H,4,6,8-9H2,1-3H3. The Morgan fingerprint density at radius 1 is 1.22 bits per heavy atom. The lowest BCUT2D eigenvalue weighted by Gasteiger charge is -2.50. The van der Waals surface area contributed by atoms with Crippen LogP contribution >= 0.6 is 0 Å². The Morgan fingerprint density at radius 3 is 2.50 bits per heavy atom. The molecular formula is C26H30O10. The lowest BCUT2D eigenvalue weighted by Crippen LogP contribution is -2.63. The van der Waals surface area contributed by atoms with Gasteiger partial charge in [-0.25, -0.2) is 0 Å². The number of allylic oxidation sites excluding steroid dienone is 1. The number of benzene rings is 1. The number of aliphatic hydroxyl groups is 5. The second kappa shape index (κ2) is 9.11. The summed E-state index contributed by atoms with van der Waals surface area (Å²) in [6.45, 7) is 4.72. The van der Waals surface area contributed by atoms with Gasteiger partial charge in [0.05, 0.1) is 11.7 Å². The minimum absolute atomic E-state index is 0.0538. The summed E-state index contributed by atoms with van der Waals surface area (Å²) in [5.74, 6) is -8.01. The van der Waals surface area contributed by atoms with Crippen LogP contribution in [0.3, 0.4) is 0 Å². The van der Waals surface area contributed by atoms with E-state index < -0.39 is 82.2 Å². The third-order valence-electron chi connectivity index (χ3n) is 7.71. The van der Waals surface area contributed by atoms with Crippen LogP contribution in [0.5, 0.6) is 5.75 Å². The summed E-state index contributed by atoms with van der Waals surface area (Å²) in [5.41, 5.74) is -3.14. The zero-order valence-electron chi connectivity index (χ0n) is 20.2. The number of aryl methyl sites for hydroxylation is 1. The summed E-state index contributed by atoms with van der Waals surface area (Å²) < 4.78 is 5.09. The van der Waals surface area contributed by atoms with Crippen molar-refractivity contribution < 1.29 is 49.8 Å². The van der Waals surface area contributed by atoms with Crippen molar-refractivity contribution in [1.82, 2.24) is 0 Å². The summed E-state index contributed by atoms with van der Waals surface area (Å²) in [7, 11) is 0. The van der Waals surface area contributed by atoms with E-state index in [-0.39, 0.29) is 24.2 Å². The van der Waals surface area contributed by atoms with Crippen molar-refractivity contribution in [2.24, 2.45) is 11.8 Å². The van der Waals surface area contributed by atoms with Gasteiger partial charge in [-0.15, -0.1) is 0 Å². The molecule has 3 aliphatic carbocycles. The fraction of sp³-hybridized carbons (Fsp3) is 0.500. The molecule has 6 atom stereocenters. The van der Waals surface area contributed by atoms with Crippen LogP contribution in [0.1, 0.15) is 56.2 Å². The van der Waals surface area contributed by atoms with Gasteiger partial charge in [-0.1, -0.05) is 19.1 Å². The number of phenolic OH excluding ortho intramolecular Hbond substituents is 1. The highest BCUT2D eigenvalue weighted by molar-refractivity contribution is 6.23. The first-order valence-electron chi connectivity index (χ1n) is 11.9.